The van der Waals surface area contributed by atoms with Gasteiger partial charge in [0, 0.05) is 57.8 Å². The number of phenols is 1. The number of Topliss-reactive ketones (excluding diaryl/α,β-unsaturated/α-hetero) is 1. The van der Waals surface area contributed by atoms with E-state index in [1.54, 1.807) is 79.9 Å². The second kappa shape index (κ2) is 44.9. The number of methoxy groups -OCH3 is 5. The van der Waals surface area contributed by atoms with Gasteiger partial charge >= 0.3 is 48.9 Å². The molecule has 4 N–H and O–H groups in total. The van der Waals surface area contributed by atoms with Crippen LogP contribution in [-0.2, 0) is 9.47 Å². The normalized spacial score (nSPS) is 9.28. The number of hydrogen-bond donors (Lipinski definition) is 4. The Balaban J connectivity index is -0.000000281. The summed E-state index contributed by atoms with van der Waals surface area (Å²) in [5.41, 5.74) is 4.27. The number of aldehydes is 1. The summed E-state index contributed by atoms with van der Waals surface area (Å²) in [6.07, 6.45) is 7.41. The summed E-state index contributed by atoms with van der Waals surface area (Å²) in [5, 5.41) is 30.5. The molecular formula is C55H67BaClO15. The van der Waals surface area contributed by atoms with Crippen LogP contribution in [0.3, 0.4) is 0 Å². The van der Waals surface area contributed by atoms with Gasteiger partial charge in [-0.2, -0.15) is 0 Å². The van der Waals surface area contributed by atoms with Crippen molar-refractivity contribution in [3.63, 3.8) is 0 Å². The summed E-state index contributed by atoms with van der Waals surface area (Å²) < 4.78 is 35.6. The van der Waals surface area contributed by atoms with E-state index in [1.165, 1.54) is 53.6 Å². The smallest absolute Gasteiger partial charge is 1.00 e. The summed E-state index contributed by atoms with van der Waals surface area (Å²) in [7, 11) is 10.6. The van der Waals surface area contributed by atoms with Crippen LogP contribution in [0.1, 0.15) is 62.3 Å². The van der Waals surface area contributed by atoms with Gasteiger partial charge in [0.2, 0.25) is 0 Å². The minimum atomic E-state index is -0.137. The van der Waals surface area contributed by atoms with E-state index in [1.807, 2.05) is 78.9 Å². The molecule has 0 atom stereocenters. The molecule has 72 heavy (non-hydrogen) atoms. The molecule has 0 amide bonds. The Bertz CT molecular complexity index is 2450. The number of aromatic hydroxyl groups is 1. The molecule has 6 aromatic rings. The Labute approximate surface area is 472 Å². The van der Waals surface area contributed by atoms with E-state index >= 15 is 0 Å². The molecule has 0 radical (unpaired) electrons. The number of hydrogen-bond acceptors (Lipinski definition) is 15. The van der Waals surface area contributed by atoms with Crippen LogP contribution in [0, 0.1) is 0 Å². The molecule has 0 heterocycles. The number of halogens is 1. The zero-order valence-corrected chi connectivity index (χ0v) is 47.3. The molecule has 0 unspecified atom stereocenters. The number of rotatable bonds is 17. The molecule has 0 aliphatic rings. The maximum Gasteiger partial charge on any atom is 2.00 e. The van der Waals surface area contributed by atoms with Gasteiger partial charge in [0.25, 0.3) is 0 Å². The van der Waals surface area contributed by atoms with Crippen LogP contribution in [0.4, 0.5) is 0 Å². The number of ketones is 3. The second-order valence-electron chi connectivity index (χ2n) is 13.0. The summed E-state index contributed by atoms with van der Waals surface area (Å²) in [6.45, 7) is 1.78. The summed E-state index contributed by atoms with van der Waals surface area (Å²) in [4.78, 5) is 45.3. The quantitative estimate of drug-likeness (QED) is 0.0220. The molecule has 15 nitrogen and oxygen atoms in total. The fraction of sp³-hybridized carbons (Fsp3) is 0.200. The minimum absolute atomic E-state index is 0. The Hall–Kier alpha value is -6.06. The second-order valence-corrected chi connectivity index (χ2v) is 13.0. The van der Waals surface area contributed by atoms with Crippen molar-refractivity contribution in [2.75, 3.05) is 70.5 Å². The first-order valence-corrected chi connectivity index (χ1v) is 20.9. The third kappa shape index (κ3) is 28.1. The topological polar surface area (TPSA) is 214 Å². The molecule has 0 fully saturated rings. The van der Waals surface area contributed by atoms with E-state index < -0.39 is 0 Å². The van der Waals surface area contributed by atoms with Crippen LogP contribution in [0.25, 0.3) is 12.2 Å². The fourth-order valence-corrected chi connectivity index (χ4v) is 5.22. The Morgan fingerprint density at radius 2 is 0.806 bits per heavy atom. The third-order valence-corrected chi connectivity index (χ3v) is 8.54. The van der Waals surface area contributed by atoms with Gasteiger partial charge in [0.15, 0.2) is 65.4 Å². The molecule has 17 heteroatoms. The number of phenolic OH excluding ortho intramolecular Hbond substituents is 1. The van der Waals surface area contributed by atoms with Gasteiger partial charge in [-0.3, -0.25) is 19.2 Å². The predicted molar refractivity (Wildman–Crippen MR) is 287 cm³/mol. The molecule has 6 rings (SSSR count). The zero-order chi connectivity index (χ0) is 52.5. The average molecular weight is 1140 g/mol. The Morgan fingerprint density at radius 1 is 0.472 bits per heavy atom. The molecule has 0 bridgehead atoms. The molecule has 6 aromatic carbocycles. The van der Waals surface area contributed by atoms with Crippen molar-refractivity contribution in [2.45, 2.75) is 6.92 Å². The standard InChI is InChI=1S/C18H18O4.C16H14O3.C11H14O4.C7H6O.3CH4O.Ba.ClH.2H/c1-20-13-22-17-11-9-15(12-18(17)21-2)16(19)10-8-14-6-4-3-5-7-14;1-19-16-11-13(8-10-15(16)18)14(17)9-7-12-5-3-2-4-6-12;1-8(12)9-4-5-10(15-7-13-2)11(6-9)14-3;8-6-7-4-2-1-3-5-7;3*1-2;;;;/h3-12H,13H2,1-2H3;2-11,18H,1H3;4-6H,7H2,1-3H3;1-6H;3*2H,1H3;;1H;;/q;;;;;;;+2;;2*-1/b10-8+;9-7+;;;;;;;;;. The molecule has 386 valence electrons. The summed E-state index contributed by atoms with van der Waals surface area (Å²) in [6, 6.07) is 42.9. The van der Waals surface area contributed by atoms with Crippen molar-refractivity contribution >= 4 is 97.1 Å². The van der Waals surface area contributed by atoms with Crippen LogP contribution in [0.15, 0.2) is 158 Å². The first kappa shape index (κ1) is 70.2. The maximum atomic E-state index is 12.2. The van der Waals surface area contributed by atoms with Crippen LogP contribution in [0.5, 0.6) is 34.5 Å². The Morgan fingerprint density at radius 3 is 1.14 bits per heavy atom. The number of benzene rings is 6. The van der Waals surface area contributed by atoms with E-state index in [9.17, 15) is 24.3 Å². The SMILES string of the molecule is CO.CO.CO.COCOc1ccc(C(=O)/C=C/c2ccccc2)cc1OC.COCOc1ccc(C(C)=O)cc1OC.COc1cc(C(=O)/C=C/c2ccccc2)ccc1O.Cl.O=Cc1ccccc1.[Ba+2].[H-].[H-]. The summed E-state index contributed by atoms with van der Waals surface area (Å²) >= 11 is 0. The van der Waals surface area contributed by atoms with Gasteiger partial charge in [-0.05, 0) is 84.8 Å². The van der Waals surface area contributed by atoms with Crippen LogP contribution in [-0.4, -0.2) is 163 Å². The number of carbonyl (C=O) groups excluding carboxylic acids is 4. The van der Waals surface area contributed by atoms with Crippen molar-refractivity contribution in [2.24, 2.45) is 0 Å². The van der Waals surface area contributed by atoms with Crippen molar-refractivity contribution in [1.29, 1.82) is 0 Å². The average Bonchev–Trinajstić information content (AvgIpc) is 3.43. The molecule has 0 saturated heterocycles. The van der Waals surface area contributed by atoms with Crippen molar-refractivity contribution < 1.29 is 75.6 Å². The van der Waals surface area contributed by atoms with Gasteiger partial charge < -0.3 is 56.4 Å². The fourth-order valence-electron chi connectivity index (χ4n) is 5.22. The van der Waals surface area contributed by atoms with Gasteiger partial charge in [-0.15, -0.1) is 12.4 Å². The predicted octanol–water partition coefficient (Wildman–Crippen LogP) is 9.34. The van der Waals surface area contributed by atoms with E-state index in [0.717, 1.165) is 44.3 Å². The first-order valence-electron chi connectivity index (χ1n) is 20.9. The van der Waals surface area contributed by atoms with Gasteiger partial charge in [-0.1, -0.05) is 103 Å². The first-order chi connectivity index (χ1) is 34.1. The zero-order valence-electron chi connectivity index (χ0n) is 44.1. The van der Waals surface area contributed by atoms with E-state index in [4.69, 9.17) is 48.5 Å². The van der Waals surface area contributed by atoms with Crippen molar-refractivity contribution in [3.05, 3.63) is 191 Å². The maximum absolute atomic E-state index is 12.2. The van der Waals surface area contributed by atoms with Gasteiger partial charge in [0.05, 0.1) is 21.3 Å². The largest absolute Gasteiger partial charge is 2.00 e. The Kier molecular flexibility index (Phi) is 43.7. The van der Waals surface area contributed by atoms with Crippen LogP contribution >= 0.6 is 12.4 Å². The number of aliphatic hydroxyl groups is 3. The number of aliphatic hydroxyl groups excluding tert-OH is 3. The van der Waals surface area contributed by atoms with Crippen LogP contribution in [0.2, 0.25) is 0 Å². The molecule has 0 aromatic heterocycles. The molecule has 0 aliphatic carbocycles. The van der Waals surface area contributed by atoms with Crippen molar-refractivity contribution in [1.82, 2.24) is 0 Å². The van der Waals surface area contributed by atoms with E-state index in [-0.39, 0.29) is 101 Å². The van der Waals surface area contributed by atoms with Crippen LogP contribution < -0.4 is 23.7 Å². The molecule has 0 spiro atoms. The number of allylic oxidation sites excluding steroid dienone is 2. The minimum Gasteiger partial charge on any atom is -1.00 e. The van der Waals surface area contributed by atoms with Gasteiger partial charge in [-0.25, -0.2) is 0 Å². The number of carbonyl (C=O) groups is 4. The summed E-state index contributed by atoms with van der Waals surface area (Å²) in [5.74, 6) is 2.19. The van der Waals surface area contributed by atoms with E-state index in [2.05, 4.69) is 0 Å². The van der Waals surface area contributed by atoms with Gasteiger partial charge in [0.1, 0.15) is 6.29 Å². The molecule has 0 saturated carbocycles. The molecule has 0 aliphatic heterocycles. The number of ether oxygens (including phenoxy) is 7. The van der Waals surface area contributed by atoms with E-state index in [0.29, 0.717) is 45.4 Å². The van der Waals surface area contributed by atoms with Crippen molar-refractivity contribution in [3.8, 4) is 34.5 Å². The third-order valence-electron chi connectivity index (χ3n) is 8.54. The monoisotopic (exact) mass is 1140 g/mol. The molecular weight excluding hydrogens is 1070 g/mol.